The Hall–Kier alpha value is -1.53. The number of carbonyl (C=O) groups is 1. The highest BCUT2D eigenvalue weighted by Crippen LogP contribution is 2.14. The lowest BCUT2D eigenvalue weighted by Crippen LogP contribution is -2.42. The molecule has 18 heavy (non-hydrogen) atoms. The lowest BCUT2D eigenvalue weighted by Gasteiger charge is -2.29. The Kier molecular flexibility index (Phi) is 4.22. The number of carboxylic acid groups (broad SMARTS) is 1. The van der Waals surface area contributed by atoms with Crippen LogP contribution in [0.4, 0.5) is 5.88 Å². The lowest BCUT2D eigenvalue weighted by atomic mass is 10.3. The summed E-state index contributed by atoms with van der Waals surface area (Å²) in [6, 6.07) is 3.28. The van der Waals surface area contributed by atoms with Gasteiger partial charge in [-0.25, -0.2) is 4.79 Å². The fourth-order valence-corrected chi connectivity index (χ4v) is 1.99. The molecule has 1 aromatic heterocycles. The maximum Gasteiger partial charge on any atom is 0.371 e. The highest BCUT2D eigenvalue weighted by atomic mass is 16.5. The van der Waals surface area contributed by atoms with Crippen molar-refractivity contribution in [3.05, 3.63) is 17.9 Å². The average molecular weight is 254 g/mol. The lowest BCUT2D eigenvalue weighted by molar-refractivity contribution is 0.0367. The second-order valence-corrected chi connectivity index (χ2v) is 4.43. The predicted octanol–water partition coefficient (Wildman–Crippen LogP) is 1.11. The quantitative estimate of drug-likeness (QED) is 0.820. The van der Waals surface area contributed by atoms with Crippen molar-refractivity contribution in [3.8, 4) is 0 Å². The van der Waals surface area contributed by atoms with Crippen molar-refractivity contribution in [3.63, 3.8) is 0 Å². The molecule has 6 heteroatoms. The maximum atomic E-state index is 10.7. The van der Waals surface area contributed by atoms with Gasteiger partial charge in [-0.2, -0.15) is 0 Å². The number of hydrogen-bond acceptors (Lipinski definition) is 5. The number of nitrogens with one attached hydrogen (secondary N) is 1. The Balaban J connectivity index is 1.82. The van der Waals surface area contributed by atoms with E-state index in [0.717, 1.165) is 32.8 Å². The Bertz CT molecular complexity index is 399. The summed E-state index contributed by atoms with van der Waals surface area (Å²) in [5, 5.41) is 11.9. The molecular formula is C12H18N2O4. The van der Waals surface area contributed by atoms with E-state index < -0.39 is 5.97 Å². The van der Waals surface area contributed by atoms with Gasteiger partial charge in [0.1, 0.15) is 0 Å². The molecule has 0 saturated carbocycles. The van der Waals surface area contributed by atoms with Crippen LogP contribution in [0.3, 0.4) is 0 Å². The van der Waals surface area contributed by atoms with Gasteiger partial charge < -0.3 is 19.6 Å². The van der Waals surface area contributed by atoms with E-state index in [1.165, 1.54) is 6.07 Å². The van der Waals surface area contributed by atoms with Crippen LogP contribution in [0.1, 0.15) is 17.5 Å². The molecule has 0 aliphatic carbocycles. The number of ether oxygens (including phenoxy) is 1. The van der Waals surface area contributed by atoms with E-state index in [1.807, 2.05) is 6.92 Å². The Labute approximate surface area is 106 Å². The van der Waals surface area contributed by atoms with E-state index in [9.17, 15) is 4.79 Å². The van der Waals surface area contributed by atoms with E-state index in [0.29, 0.717) is 5.88 Å². The Morgan fingerprint density at radius 1 is 1.50 bits per heavy atom. The first-order valence-corrected chi connectivity index (χ1v) is 6.05. The van der Waals surface area contributed by atoms with Crippen LogP contribution < -0.4 is 5.32 Å². The van der Waals surface area contributed by atoms with Gasteiger partial charge in [-0.3, -0.25) is 4.90 Å². The summed E-state index contributed by atoms with van der Waals surface area (Å²) < 4.78 is 10.4. The molecule has 1 aliphatic heterocycles. The van der Waals surface area contributed by atoms with E-state index in [4.69, 9.17) is 14.3 Å². The molecule has 1 unspecified atom stereocenters. The number of carboxylic acids is 1. The number of hydrogen-bond donors (Lipinski definition) is 2. The van der Waals surface area contributed by atoms with E-state index >= 15 is 0 Å². The van der Waals surface area contributed by atoms with Crippen LogP contribution in [-0.2, 0) is 4.74 Å². The first-order valence-electron chi connectivity index (χ1n) is 6.05. The van der Waals surface area contributed by atoms with Crippen LogP contribution in [0.25, 0.3) is 0 Å². The molecule has 0 radical (unpaired) electrons. The number of nitrogens with zero attached hydrogens (tertiary/aromatic N) is 1. The van der Waals surface area contributed by atoms with Crippen LogP contribution in [-0.4, -0.2) is 54.9 Å². The first kappa shape index (κ1) is 12.9. The summed E-state index contributed by atoms with van der Waals surface area (Å²) in [5.41, 5.74) is 0. The van der Waals surface area contributed by atoms with Gasteiger partial charge in [0, 0.05) is 31.7 Å². The van der Waals surface area contributed by atoms with Crippen molar-refractivity contribution in [1.29, 1.82) is 0 Å². The molecule has 2 rings (SSSR count). The van der Waals surface area contributed by atoms with Gasteiger partial charge in [-0.05, 0) is 13.0 Å². The summed E-state index contributed by atoms with van der Waals surface area (Å²) in [5.74, 6) is -0.604. The molecule has 2 N–H and O–H groups in total. The van der Waals surface area contributed by atoms with E-state index in [-0.39, 0.29) is 11.8 Å². The summed E-state index contributed by atoms with van der Waals surface area (Å²) in [7, 11) is 0. The zero-order chi connectivity index (χ0) is 13.0. The fourth-order valence-electron chi connectivity index (χ4n) is 1.99. The summed E-state index contributed by atoms with van der Waals surface area (Å²) in [4.78, 5) is 13.0. The van der Waals surface area contributed by atoms with E-state index in [1.54, 1.807) is 6.07 Å². The van der Waals surface area contributed by atoms with Crippen molar-refractivity contribution in [2.45, 2.75) is 13.0 Å². The SMILES string of the molecule is CC(CN1CCOCC1)Nc1ccc(C(=O)O)o1. The van der Waals surface area contributed by atoms with Crippen LogP contribution in [0.5, 0.6) is 0 Å². The molecule has 2 heterocycles. The van der Waals surface area contributed by atoms with Gasteiger partial charge in [0.15, 0.2) is 5.88 Å². The van der Waals surface area contributed by atoms with E-state index in [2.05, 4.69) is 10.2 Å². The predicted molar refractivity (Wildman–Crippen MR) is 66.0 cm³/mol. The first-order chi connectivity index (χ1) is 8.65. The average Bonchev–Trinajstić information content (AvgIpc) is 2.78. The minimum Gasteiger partial charge on any atom is -0.475 e. The van der Waals surface area contributed by atoms with Crippen molar-refractivity contribution < 1.29 is 19.1 Å². The van der Waals surface area contributed by atoms with Crippen molar-refractivity contribution in [1.82, 2.24) is 4.90 Å². The highest BCUT2D eigenvalue weighted by Gasteiger charge is 2.15. The van der Waals surface area contributed by atoms with Crippen molar-refractivity contribution in [2.75, 3.05) is 38.2 Å². The van der Waals surface area contributed by atoms with Gasteiger partial charge in [0.25, 0.3) is 0 Å². The zero-order valence-electron chi connectivity index (χ0n) is 10.4. The number of aromatic carboxylic acids is 1. The third-order valence-electron chi connectivity index (χ3n) is 2.84. The van der Waals surface area contributed by atoms with Crippen molar-refractivity contribution >= 4 is 11.9 Å². The molecule has 0 amide bonds. The molecule has 1 fully saturated rings. The van der Waals surface area contributed by atoms with Crippen LogP contribution in [0.2, 0.25) is 0 Å². The highest BCUT2D eigenvalue weighted by molar-refractivity contribution is 5.84. The second kappa shape index (κ2) is 5.88. The largest absolute Gasteiger partial charge is 0.475 e. The Morgan fingerprint density at radius 2 is 2.22 bits per heavy atom. The van der Waals surface area contributed by atoms with Gasteiger partial charge in [-0.1, -0.05) is 0 Å². The van der Waals surface area contributed by atoms with Crippen LogP contribution in [0, 0.1) is 0 Å². The number of furan rings is 1. The minimum atomic E-state index is -1.05. The standard InChI is InChI=1S/C12H18N2O4/c1-9(8-14-4-6-17-7-5-14)13-11-3-2-10(18-11)12(15)16/h2-3,9,13H,4-8H2,1H3,(H,15,16). The second-order valence-electron chi connectivity index (χ2n) is 4.43. The molecule has 1 atom stereocenters. The molecule has 6 nitrogen and oxygen atoms in total. The third-order valence-corrected chi connectivity index (χ3v) is 2.84. The smallest absolute Gasteiger partial charge is 0.371 e. The van der Waals surface area contributed by atoms with Crippen LogP contribution in [0.15, 0.2) is 16.5 Å². The fraction of sp³-hybridized carbons (Fsp3) is 0.583. The topological polar surface area (TPSA) is 74.9 Å². The minimum absolute atomic E-state index is 0.0453. The monoisotopic (exact) mass is 254 g/mol. The molecular weight excluding hydrogens is 236 g/mol. The number of anilines is 1. The molecule has 0 aromatic carbocycles. The third kappa shape index (κ3) is 3.48. The molecule has 1 aliphatic rings. The normalized spacial score (nSPS) is 18.5. The van der Waals surface area contributed by atoms with Gasteiger partial charge in [0.05, 0.1) is 13.2 Å². The molecule has 0 bridgehead atoms. The van der Waals surface area contributed by atoms with Crippen LogP contribution >= 0.6 is 0 Å². The van der Waals surface area contributed by atoms with Gasteiger partial charge in [-0.15, -0.1) is 0 Å². The summed E-state index contributed by atoms with van der Waals surface area (Å²) in [6.07, 6.45) is 0. The maximum absolute atomic E-state index is 10.7. The Morgan fingerprint density at radius 3 is 2.83 bits per heavy atom. The summed E-state index contributed by atoms with van der Waals surface area (Å²) in [6.45, 7) is 6.34. The summed E-state index contributed by atoms with van der Waals surface area (Å²) >= 11 is 0. The zero-order valence-corrected chi connectivity index (χ0v) is 10.4. The van der Waals surface area contributed by atoms with Crippen molar-refractivity contribution in [2.24, 2.45) is 0 Å². The molecule has 100 valence electrons. The number of rotatable bonds is 5. The van der Waals surface area contributed by atoms with Gasteiger partial charge >= 0.3 is 5.97 Å². The number of morpholine rings is 1. The molecule has 0 spiro atoms. The molecule has 1 aromatic rings. The van der Waals surface area contributed by atoms with Gasteiger partial charge in [0.2, 0.25) is 5.76 Å². The molecule has 1 saturated heterocycles.